The number of ether oxygens (including phenoxy) is 2. The number of carboxylic acid groups (broad SMARTS) is 1. The van der Waals surface area contributed by atoms with Crippen LogP contribution in [0.4, 0.5) is 0 Å². The first-order chi connectivity index (χ1) is 18.6. The topological polar surface area (TPSA) is 138 Å². The molecule has 2 bridgehead atoms. The molecule has 1 aromatic rings. The molecule has 0 unspecified atom stereocenters. The number of carboxylic acids is 1. The molecule has 2 amide bonds. The Kier molecular flexibility index (Phi) is 7.25. The van der Waals surface area contributed by atoms with E-state index in [-0.39, 0.29) is 57.8 Å². The number of hydrogen-bond acceptors (Lipinski definition) is 6. The van der Waals surface area contributed by atoms with E-state index in [2.05, 4.69) is 23.6 Å². The zero-order valence-electron chi connectivity index (χ0n) is 23.0. The average molecular weight is 538 g/mol. The van der Waals surface area contributed by atoms with E-state index in [1.807, 2.05) is 0 Å². The number of methoxy groups -OCH3 is 1. The largest absolute Gasteiger partial charge is 0.496 e. The van der Waals surface area contributed by atoms with E-state index in [0.717, 1.165) is 38.6 Å². The van der Waals surface area contributed by atoms with Gasteiger partial charge >= 0.3 is 5.97 Å². The zero-order valence-corrected chi connectivity index (χ0v) is 23.0. The summed E-state index contributed by atoms with van der Waals surface area (Å²) in [6, 6.07) is 5.07. The van der Waals surface area contributed by atoms with E-state index >= 15 is 0 Å². The Morgan fingerprint density at radius 1 is 1.10 bits per heavy atom. The van der Waals surface area contributed by atoms with Crippen LogP contribution in [0, 0.1) is 45.8 Å². The second kappa shape index (κ2) is 10.4. The number of amides is 2. The number of hydrogen-bond donors (Lipinski definition) is 3. The number of aliphatic carboxylic acids is 1. The highest BCUT2D eigenvalue weighted by molar-refractivity contribution is 5.97. The van der Waals surface area contributed by atoms with Gasteiger partial charge in [0.2, 0.25) is 5.91 Å². The fourth-order valence-corrected chi connectivity index (χ4v) is 7.27. The molecule has 3 N–H and O–H groups in total. The number of carbonyl (C=O) groups is 3. The molecule has 9 heteroatoms. The minimum atomic E-state index is -0.873. The lowest BCUT2D eigenvalue weighted by atomic mass is 9.68. The van der Waals surface area contributed by atoms with Crippen molar-refractivity contribution in [1.82, 2.24) is 10.6 Å². The maximum absolute atomic E-state index is 13.4. The number of nitriles is 1. The highest BCUT2D eigenvalue weighted by atomic mass is 16.5. The Labute approximate surface area is 229 Å². The van der Waals surface area contributed by atoms with Crippen molar-refractivity contribution in [2.75, 3.05) is 20.2 Å². The van der Waals surface area contributed by atoms with Crippen molar-refractivity contribution in [3.8, 4) is 17.6 Å². The van der Waals surface area contributed by atoms with Gasteiger partial charge in [0.05, 0.1) is 23.7 Å². The molecular weight excluding hydrogens is 498 g/mol. The molecule has 4 saturated carbocycles. The predicted octanol–water partition coefficient (Wildman–Crippen LogP) is 3.90. The first-order valence-electron chi connectivity index (χ1n) is 14.1. The van der Waals surface area contributed by atoms with Crippen LogP contribution in [0.3, 0.4) is 0 Å². The minimum absolute atomic E-state index is 0.0864. The molecule has 0 aliphatic heterocycles. The van der Waals surface area contributed by atoms with Gasteiger partial charge in [-0.1, -0.05) is 13.3 Å². The van der Waals surface area contributed by atoms with Crippen molar-refractivity contribution in [2.45, 2.75) is 71.3 Å². The van der Waals surface area contributed by atoms with Crippen molar-refractivity contribution in [2.24, 2.45) is 34.5 Å². The molecule has 9 nitrogen and oxygen atoms in total. The number of benzene rings is 1. The second-order valence-corrected chi connectivity index (χ2v) is 12.8. The van der Waals surface area contributed by atoms with Crippen LogP contribution < -0.4 is 20.1 Å². The lowest BCUT2D eigenvalue weighted by molar-refractivity contribution is -0.159. The van der Waals surface area contributed by atoms with Crippen LogP contribution in [0.5, 0.6) is 11.5 Å². The second-order valence-electron chi connectivity index (χ2n) is 12.8. The Bertz CT molecular complexity index is 1200. The number of carbonyl (C=O) groups excluding carboxylic acids is 2. The summed E-state index contributed by atoms with van der Waals surface area (Å²) >= 11 is 0. The third kappa shape index (κ3) is 5.18. The summed E-state index contributed by atoms with van der Waals surface area (Å²) in [4.78, 5) is 38.1. The van der Waals surface area contributed by atoms with Crippen molar-refractivity contribution >= 4 is 17.8 Å². The van der Waals surface area contributed by atoms with Gasteiger partial charge in [-0.05, 0) is 68.3 Å². The molecule has 4 atom stereocenters. The van der Waals surface area contributed by atoms with Crippen LogP contribution in [0.2, 0.25) is 0 Å². The third-order valence-corrected chi connectivity index (χ3v) is 9.97. The number of nitrogens with one attached hydrogen (secondary N) is 2. The van der Waals surface area contributed by atoms with Crippen LogP contribution in [0.1, 0.15) is 81.1 Å². The number of fused-ring (bicyclic) bond motifs is 2. The first kappa shape index (κ1) is 27.3. The van der Waals surface area contributed by atoms with E-state index < -0.39 is 11.4 Å². The lowest BCUT2D eigenvalue weighted by Gasteiger charge is -2.41. The summed E-state index contributed by atoms with van der Waals surface area (Å²) < 4.78 is 11.4. The van der Waals surface area contributed by atoms with Gasteiger partial charge in [0, 0.05) is 37.9 Å². The van der Waals surface area contributed by atoms with Crippen LogP contribution in [0.15, 0.2) is 12.1 Å². The van der Waals surface area contributed by atoms with Gasteiger partial charge in [-0.15, -0.1) is 0 Å². The van der Waals surface area contributed by atoms with Crippen molar-refractivity contribution in [1.29, 1.82) is 5.26 Å². The first-order valence-corrected chi connectivity index (χ1v) is 14.1. The summed E-state index contributed by atoms with van der Waals surface area (Å²) in [5.74, 6) is 0.191. The van der Waals surface area contributed by atoms with Crippen LogP contribution >= 0.6 is 0 Å². The summed E-state index contributed by atoms with van der Waals surface area (Å²) in [6.07, 6.45) is 7.02. The van der Waals surface area contributed by atoms with E-state index in [1.54, 1.807) is 6.92 Å². The van der Waals surface area contributed by atoms with E-state index in [1.165, 1.54) is 25.7 Å². The van der Waals surface area contributed by atoms with Gasteiger partial charge in [-0.2, -0.15) is 5.26 Å². The SMILES string of the molecule is COc1cc(C#N)c(OC2CC(C)(C(=O)O)C2)cc1C(=O)NC[C@@H]1[C@H]2CC[C@H](C2)[C@@H]1C(=O)NCC1(C)CCC1. The van der Waals surface area contributed by atoms with Crippen molar-refractivity contribution in [3.05, 3.63) is 23.3 Å². The molecule has 39 heavy (non-hydrogen) atoms. The maximum atomic E-state index is 13.4. The third-order valence-electron chi connectivity index (χ3n) is 9.97. The van der Waals surface area contributed by atoms with Crippen LogP contribution in [-0.2, 0) is 9.59 Å². The Hall–Kier alpha value is -3.28. The van der Waals surface area contributed by atoms with Gasteiger partial charge < -0.3 is 25.2 Å². The highest BCUT2D eigenvalue weighted by Gasteiger charge is 2.51. The van der Waals surface area contributed by atoms with Crippen LogP contribution in [0.25, 0.3) is 0 Å². The predicted molar refractivity (Wildman–Crippen MR) is 142 cm³/mol. The Morgan fingerprint density at radius 3 is 2.44 bits per heavy atom. The van der Waals surface area contributed by atoms with Gasteiger partial charge in [0.15, 0.2) is 0 Å². The standard InChI is InChI=1S/C30H39N3O6/c1-29(7-4-8-29)16-33-27(35)25-18-6-5-17(9-18)22(25)15-32-26(34)21-11-23(19(14-31)10-24(21)38-3)39-20-12-30(2,13-20)28(36)37/h10-11,17-18,20,22,25H,4-9,12-13,15-16H2,1-3H3,(H,32,34)(H,33,35)(H,36,37)/t17-,18+,20?,22+,25-,30?/m0/s1. The molecule has 0 heterocycles. The normalized spacial score (nSPS) is 31.8. The Morgan fingerprint density at radius 2 is 1.82 bits per heavy atom. The summed E-state index contributed by atoms with van der Waals surface area (Å²) in [7, 11) is 1.44. The smallest absolute Gasteiger partial charge is 0.309 e. The van der Waals surface area contributed by atoms with E-state index in [9.17, 15) is 24.8 Å². The quantitative estimate of drug-likeness (QED) is 0.412. The zero-order chi connectivity index (χ0) is 27.9. The molecule has 0 spiro atoms. The summed E-state index contributed by atoms with van der Waals surface area (Å²) in [5, 5.41) is 25.3. The fraction of sp³-hybridized carbons (Fsp3) is 0.667. The average Bonchev–Trinajstić information content (AvgIpc) is 3.49. The van der Waals surface area contributed by atoms with Gasteiger partial charge in [-0.3, -0.25) is 14.4 Å². The van der Waals surface area contributed by atoms with E-state index in [0.29, 0.717) is 31.2 Å². The molecule has 210 valence electrons. The Balaban J connectivity index is 1.26. The summed E-state index contributed by atoms with van der Waals surface area (Å²) in [5.41, 5.74) is -0.163. The van der Waals surface area contributed by atoms with Crippen molar-refractivity contribution in [3.63, 3.8) is 0 Å². The van der Waals surface area contributed by atoms with E-state index in [4.69, 9.17) is 9.47 Å². The molecule has 5 rings (SSSR count). The molecule has 1 aromatic carbocycles. The summed E-state index contributed by atoms with van der Waals surface area (Å²) in [6.45, 7) is 5.02. The number of rotatable bonds is 10. The molecule has 0 saturated heterocycles. The number of nitrogens with zero attached hydrogens (tertiary/aromatic N) is 1. The van der Waals surface area contributed by atoms with Gasteiger partial charge in [0.1, 0.15) is 23.7 Å². The molecule has 4 aliphatic carbocycles. The van der Waals surface area contributed by atoms with Gasteiger partial charge in [-0.25, -0.2) is 0 Å². The monoisotopic (exact) mass is 537 g/mol. The maximum Gasteiger partial charge on any atom is 0.309 e. The molecular formula is C30H39N3O6. The highest BCUT2D eigenvalue weighted by Crippen LogP contribution is 2.52. The minimum Gasteiger partial charge on any atom is -0.496 e. The van der Waals surface area contributed by atoms with Crippen LogP contribution in [-0.4, -0.2) is 49.2 Å². The lowest BCUT2D eigenvalue weighted by Crippen LogP contribution is -2.47. The molecule has 0 radical (unpaired) electrons. The molecule has 4 fully saturated rings. The molecule has 4 aliphatic rings. The fourth-order valence-electron chi connectivity index (χ4n) is 7.27. The molecule has 0 aromatic heterocycles. The van der Waals surface area contributed by atoms with Gasteiger partial charge in [0.25, 0.3) is 5.91 Å². The van der Waals surface area contributed by atoms with Crippen molar-refractivity contribution < 1.29 is 29.0 Å².